The maximum atomic E-state index is 12.5. The smallest absolute Gasteiger partial charge is 0.243 e. The van der Waals surface area contributed by atoms with Crippen molar-refractivity contribution in [1.82, 2.24) is 0 Å². The van der Waals surface area contributed by atoms with E-state index in [2.05, 4.69) is 5.32 Å². The van der Waals surface area contributed by atoms with E-state index in [9.17, 15) is 4.79 Å². The van der Waals surface area contributed by atoms with Crippen LogP contribution in [0.25, 0.3) is 0 Å². The maximum absolute atomic E-state index is 12.5. The summed E-state index contributed by atoms with van der Waals surface area (Å²) < 4.78 is 11.1. The number of nitrogens with two attached hydrogens (primary N) is 1. The predicted octanol–water partition coefficient (Wildman–Crippen LogP) is 2.89. The number of amides is 1. The van der Waals surface area contributed by atoms with Gasteiger partial charge in [-0.2, -0.15) is 0 Å². The van der Waals surface area contributed by atoms with Crippen LogP contribution in [0.3, 0.4) is 0 Å². The molecule has 25 heavy (non-hydrogen) atoms. The van der Waals surface area contributed by atoms with E-state index < -0.39 is 0 Å². The zero-order chi connectivity index (χ0) is 18.0. The molecule has 6 heteroatoms. The number of benzene rings is 2. The van der Waals surface area contributed by atoms with Crippen molar-refractivity contribution < 1.29 is 14.3 Å². The molecule has 0 aliphatic carbocycles. The van der Waals surface area contributed by atoms with Gasteiger partial charge in [-0.05, 0) is 56.3 Å². The summed E-state index contributed by atoms with van der Waals surface area (Å²) in [6, 6.07) is 12.7. The van der Waals surface area contributed by atoms with Crippen molar-refractivity contribution in [3.8, 4) is 11.5 Å². The van der Waals surface area contributed by atoms with E-state index in [0.717, 1.165) is 22.9 Å². The summed E-state index contributed by atoms with van der Waals surface area (Å²) in [5.74, 6) is 1.39. The summed E-state index contributed by atoms with van der Waals surface area (Å²) in [4.78, 5) is 14.5. The molecule has 1 heterocycles. The third kappa shape index (κ3) is 3.96. The molecule has 1 amide bonds. The van der Waals surface area contributed by atoms with E-state index in [1.165, 1.54) is 0 Å². The molecule has 132 valence electrons. The maximum Gasteiger partial charge on any atom is 0.243 e. The number of hydrogen-bond donors (Lipinski definition) is 2. The van der Waals surface area contributed by atoms with E-state index in [1.54, 1.807) is 13.2 Å². The Morgan fingerprint density at radius 2 is 2.00 bits per heavy atom. The van der Waals surface area contributed by atoms with E-state index in [4.69, 9.17) is 15.2 Å². The van der Waals surface area contributed by atoms with Crippen LogP contribution in [-0.4, -0.2) is 31.7 Å². The number of carbonyl (C=O) groups is 1. The lowest BCUT2D eigenvalue weighted by Crippen LogP contribution is -2.49. The van der Waals surface area contributed by atoms with E-state index >= 15 is 0 Å². The zero-order valence-corrected chi connectivity index (χ0v) is 14.7. The van der Waals surface area contributed by atoms with Crippen LogP contribution in [0.4, 0.5) is 17.1 Å². The van der Waals surface area contributed by atoms with Gasteiger partial charge in [0.25, 0.3) is 0 Å². The van der Waals surface area contributed by atoms with Crippen LogP contribution < -0.4 is 25.4 Å². The molecule has 0 aromatic heterocycles. The second-order valence-corrected chi connectivity index (χ2v) is 6.72. The fourth-order valence-corrected chi connectivity index (χ4v) is 2.93. The van der Waals surface area contributed by atoms with Crippen molar-refractivity contribution in [3.05, 3.63) is 42.5 Å². The van der Waals surface area contributed by atoms with Crippen molar-refractivity contribution in [2.24, 2.45) is 0 Å². The quantitative estimate of drug-likeness (QED) is 0.836. The average molecular weight is 341 g/mol. The second kappa shape index (κ2) is 6.55. The number of nitrogen functional groups attached to an aromatic ring is 1. The Kier molecular flexibility index (Phi) is 4.44. The fraction of sp³-hybridized carbons (Fsp3) is 0.316. The Morgan fingerprint density at radius 1 is 1.28 bits per heavy atom. The molecule has 0 fully saturated rings. The van der Waals surface area contributed by atoms with Crippen LogP contribution in [0.15, 0.2) is 42.5 Å². The van der Waals surface area contributed by atoms with Crippen molar-refractivity contribution in [2.45, 2.75) is 19.4 Å². The highest BCUT2D eigenvalue weighted by atomic mass is 16.5. The molecule has 3 N–H and O–H groups in total. The average Bonchev–Trinajstić information content (AvgIpc) is 2.55. The number of nitrogens with one attached hydrogen (secondary N) is 1. The minimum atomic E-state index is -0.385. The monoisotopic (exact) mass is 341 g/mol. The first-order valence-corrected chi connectivity index (χ1v) is 8.14. The molecule has 1 aliphatic heterocycles. The third-order valence-corrected chi connectivity index (χ3v) is 3.99. The lowest BCUT2D eigenvalue weighted by atomic mass is 10.0. The first-order chi connectivity index (χ1) is 11.9. The highest BCUT2D eigenvalue weighted by Crippen LogP contribution is 2.38. The van der Waals surface area contributed by atoms with Gasteiger partial charge in [-0.15, -0.1) is 0 Å². The molecule has 3 rings (SSSR count). The zero-order valence-electron chi connectivity index (χ0n) is 14.7. The van der Waals surface area contributed by atoms with Crippen LogP contribution in [-0.2, 0) is 4.79 Å². The van der Waals surface area contributed by atoms with E-state index in [0.29, 0.717) is 12.2 Å². The number of carbonyl (C=O) groups excluding carboxylic acids is 1. The van der Waals surface area contributed by atoms with Crippen LogP contribution in [0.1, 0.15) is 13.8 Å². The summed E-state index contributed by atoms with van der Waals surface area (Å²) in [6.45, 7) is 4.82. The Labute approximate surface area is 147 Å². The van der Waals surface area contributed by atoms with Gasteiger partial charge in [0.1, 0.15) is 17.1 Å². The Balaban J connectivity index is 1.74. The highest BCUT2D eigenvalue weighted by molar-refractivity contribution is 5.94. The van der Waals surface area contributed by atoms with Crippen LogP contribution >= 0.6 is 0 Å². The standard InChI is InChI=1S/C19H23N3O3/c1-19(2)12-22(16-10-13(20)4-9-17(16)25-19)11-18(23)21-14-5-7-15(24-3)8-6-14/h4-10H,11-12,20H2,1-3H3,(H,21,23). The number of nitrogens with zero attached hydrogens (tertiary/aromatic N) is 1. The first kappa shape index (κ1) is 17.0. The molecule has 0 unspecified atom stereocenters. The molecule has 0 saturated carbocycles. The number of rotatable bonds is 4. The lowest BCUT2D eigenvalue weighted by Gasteiger charge is -2.40. The van der Waals surface area contributed by atoms with Gasteiger partial charge >= 0.3 is 0 Å². The molecule has 0 saturated heterocycles. The molecule has 6 nitrogen and oxygen atoms in total. The van der Waals surface area contributed by atoms with E-state index in [1.807, 2.05) is 55.1 Å². The molecule has 2 aromatic rings. The molecule has 2 aromatic carbocycles. The second-order valence-electron chi connectivity index (χ2n) is 6.72. The highest BCUT2D eigenvalue weighted by Gasteiger charge is 2.32. The van der Waals surface area contributed by atoms with Gasteiger partial charge in [-0.1, -0.05) is 0 Å². The van der Waals surface area contributed by atoms with Crippen LogP contribution in [0, 0.1) is 0 Å². The Morgan fingerprint density at radius 3 is 2.68 bits per heavy atom. The van der Waals surface area contributed by atoms with Crippen molar-refractivity contribution in [1.29, 1.82) is 0 Å². The first-order valence-electron chi connectivity index (χ1n) is 8.14. The largest absolute Gasteiger partial charge is 0.497 e. The lowest BCUT2D eigenvalue weighted by molar-refractivity contribution is -0.115. The molecular weight excluding hydrogens is 318 g/mol. The number of fused-ring (bicyclic) bond motifs is 1. The van der Waals surface area contributed by atoms with Crippen LogP contribution in [0.2, 0.25) is 0 Å². The fourth-order valence-electron chi connectivity index (χ4n) is 2.93. The molecule has 0 atom stereocenters. The molecular formula is C19H23N3O3. The van der Waals surface area contributed by atoms with Crippen molar-refractivity contribution in [3.63, 3.8) is 0 Å². The van der Waals surface area contributed by atoms with Gasteiger partial charge in [0.2, 0.25) is 5.91 Å². The normalized spacial score (nSPS) is 15.1. The molecule has 0 radical (unpaired) electrons. The molecule has 1 aliphatic rings. The van der Waals surface area contributed by atoms with Crippen molar-refractivity contribution in [2.75, 3.05) is 36.1 Å². The Hall–Kier alpha value is -2.89. The predicted molar refractivity (Wildman–Crippen MR) is 99.4 cm³/mol. The van der Waals surface area contributed by atoms with Gasteiger partial charge in [0, 0.05) is 11.4 Å². The molecule has 0 spiro atoms. The van der Waals surface area contributed by atoms with Crippen LogP contribution in [0.5, 0.6) is 11.5 Å². The Bertz CT molecular complexity index is 772. The number of hydrogen-bond acceptors (Lipinski definition) is 5. The van der Waals surface area contributed by atoms with E-state index in [-0.39, 0.29) is 18.1 Å². The summed E-state index contributed by atoms with van der Waals surface area (Å²) in [6.07, 6.45) is 0. The molecule has 0 bridgehead atoms. The minimum Gasteiger partial charge on any atom is -0.497 e. The van der Waals surface area contributed by atoms with Crippen molar-refractivity contribution >= 4 is 23.0 Å². The summed E-state index contributed by atoms with van der Waals surface area (Å²) in [5.41, 5.74) is 7.72. The minimum absolute atomic E-state index is 0.101. The summed E-state index contributed by atoms with van der Waals surface area (Å²) in [5, 5.41) is 2.91. The summed E-state index contributed by atoms with van der Waals surface area (Å²) >= 11 is 0. The third-order valence-electron chi connectivity index (χ3n) is 3.99. The number of methoxy groups -OCH3 is 1. The van der Waals surface area contributed by atoms with Gasteiger partial charge in [0.05, 0.1) is 25.9 Å². The number of ether oxygens (including phenoxy) is 2. The topological polar surface area (TPSA) is 76.8 Å². The van der Waals surface area contributed by atoms with Gasteiger partial charge in [0.15, 0.2) is 0 Å². The summed E-state index contributed by atoms with van der Waals surface area (Å²) in [7, 11) is 1.61. The van der Waals surface area contributed by atoms with Gasteiger partial charge in [-0.25, -0.2) is 0 Å². The SMILES string of the molecule is COc1ccc(NC(=O)CN2CC(C)(C)Oc3ccc(N)cc32)cc1. The number of anilines is 3. The van der Waals surface area contributed by atoms with Gasteiger partial charge in [-0.3, -0.25) is 4.79 Å². The van der Waals surface area contributed by atoms with Gasteiger partial charge < -0.3 is 25.4 Å².